The van der Waals surface area contributed by atoms with Gasteiger partial charge in [-0.05, 0) is 33.8 Å². The van der Waals surface area contributed by atoms with Gasteiger partial charge < -0.3 is 9.15 Å². The average molecular weight is 262 g/mol. The van der Waals surface area contributed by atoms with Crippen molar-refractivity contribution in [2.24, 2.45) is 0 Å². The van der Waals surface area contributed by atoms with E-state index in [1.54, 1.807) is 13.0 Å². The Bertz CT molecular complexity index is 635. The Balaban J connectivity index is 2.36. The van der Waals surface area contributed by atoms with Crippen molar-refractivity contribution in [3.8, 4) is 0 Å². The van der Waals surface area contributed by atoms with E-state index in [2.05, 4.69) is 5.10 Å². The first kappa shape index (κ1) is 13.4. The maximum Gasteiger partial charge on any atom is 0.330 e. The van der Waals surface area contributed by atoms with Gasteiger partial charge in [0.1, 0.15) is 5.76 Å². The number of ether oxygens (including phenoxy) is 1. The molecule has 0 amide bonds. The highest BCUT2D eigenvalue weighted by molar-refractivity contribution is 5.89. The molecule has 0 saturated carbocycles. The summed E-state index contributed by atoms with van der Waals surface area (Å²) in [6.07, 6.45) is 3.00. The highest BCUT2D eigenvalue weighted by Crippen LogP contribution is 2.28. The summed E-state index contributed by atoms with van der Waals surface area (Å²) in [6, 6.07) is 0. The third-order valence-corrected chi connectivity index (χ3v) is 3.08. The SMILES string of the molecule is CCOC(=O)C=Cc1oc2nn(CC)c(C)c2c1C. The summed E-state index contributed by atoms with van der Waals surface area (Å²) < 4.78 is 12.4. The van der Waals surface area contributed by atoms with Gasteiger partial charge in [0.25, 0.3) is 0 Å². The quantitative estimate of drug-likeness (QED) is 0.628. The Hall–Kier alpha value is -2.04. The van der Waals surface area contributed by atoms with Crippen LogP contribution >= 0.6 is 0 Å². The van der Waals surface area contributed by atoms with E-state index in [-0.39, 0.29) is 5.97 Å². The minimum Gasteiger partial charge on any atom is -0.463 e. The number of carbonyl (C=O) groups excluding carboxylic acids is 1. The van der Waals surface area contributed by atoms with Crippen molar-refractivity contribution in [3.05, 3.63) is 23.1 Å². The van der Waals surface area contributed by atoms with E-state index >= 15 is 0 Å². The molecule has 102 valence electrons. The Kier molecular flexibility index (Phi) is 3.74. The van der Waals surface area contributed by atoms with E-state index in [0.717, 1.165) is 23.2 Å². The van der Waals surface area contributed by atoms with Gasteiger partial charge >= 0.3 is 5.97 Å². The molecule has 0 N–H and O–H groups in total. The van der Waals surface area contributed by atoms with Crippen LogP contribution < -0.4 is 0 Å². The minimum atomic E-state index is -0.369. The lowest BCUT2D eigenvalue weighted by Gasteiger charge is -1.98. The molecular weight excluding hydrogens is 244 g/mol. The van der Waals surface area contributed by atoms with Crippen LogP contribution in [0.15, 0.2) is 10.5 Å². The molecule has 0 aromatic carbocycles. The summed E-state index contributed by atoms with van der Waals surface area (Å²) in [7, 11) is 0. The first-order chi connectivity index (χ1) is 9.08. The summed E-state index contributed by atoms with van der Waals surface area (Å²) in [5, 5.41) is 5.39. The van der Waals surface area contributed by atoms with Crippen molar-refractivity contribution in [3.63, 3.8) is 0 Å². The molecule has 0 bridgehead atoms. The highest BCUT2D eigenvalue weighted by atomic mass is 16.5. The summed E-state index contributed by atoms with van der Waals surface area (Å²) in [5.74, 6) is 0.281. The van der Waals surface area contributed by atoms with Crippen LogP contribution in [0.25, 0.3) is 17.2 Å². The van der Waals surface area contributed by atoms with Crippen LogP contribution in [0.2, 0.25) is 0 Å². The molecule has 5 nitrogen and oxygen atoms in total. The molecule has 0 radical (unpaired) electrons. The zero-order chi connectivity index (χ0) is 14.0. The molecule has 0 fully saturated rings. The van der Waals surface area contributed by atoms with Crippen LogP contribution in [0, 0.1) is 13.8 Å². The van der Waals surface area contributed by atoms with Gasteiger partial charge in [0.15, 0.2) is 0 Å². The summed E-state index contributed by atoms with van der Waals surface area (Å²) >= 11 is 0. The molecule has 0 spiro atoms. The number of nitrogens with zero attached hydrogens (tertiary/aromatic N) is 2. The molecule has 0 atom stereocenters. The number of hydrogen-bond acceptors (Lipinski definition) is 4. The Morgan fingerprint density at radius 3 is 2.74 bits per heavy atom. The third-order valence-electron chi connectivity index (χ3n) is 3.08. The van der Waals surface area contributed by atoms with E-state index < -0.39 is 0 Å². The minimum absolute atomic E-state index is 0.366. The molecular formula is C14H18N2O3. The fraction of sp³-hybridized carbons (Fsp3) is 0.429. The lowest BCUT2D eigenvalue weighted by molar-refractivity contribution is -0.137. The van der Waals surface area contributed by atoms with Gasteiger partial charge in [-0.1, -0.05) is 0 Å². The first-order valence-electron chi connectivity index (χ1n) is 6.39. The van der Waals surface area contributed by atoms with Crippen molar-refractivity contribution >= 4 is 23.1 Å². The molecule has 0 unspecified atom stereocenters. The van der Waals surface area contributed by atoms with Crippen LogP contribution in [0.5, 0.6) is 0 Å². The van der Waals surface area contributed by atoms with E-state index in [9.17, 15) is 4.79 Å². The molecule has 2 heterocycles. The standard InChI is InChI=1S/C14H18N2O3/c1-5-16-10(4)13-9(3)11(19-14(13)15-16)7-8-12(17)18-6-2/h7-8H,5-6H2,1-4H3. The van der Waals surface area contributed by atoms with E-state index in [1.807, 2.05) is 25.5 Å². The number of esters is 1. The van der Waals surface area contributed by atoms with Gasteiger partial charge in [-0.15, -0.1) is 5.10 Å². The Morgan fingerprint density at radius 2 is 2.16 bits per heavy atom. The smallest absolute Gasteiger partial charge is 0.330 e. The number of carbonyl (C=O) groups is 1. The Morgan fingerprint density at radius 1 is 1.42 bits per heavy atom. The van der Waals surface area contributed by atoms with Crippen molar-refractivity contribution in [1.82, 2.24) is 9.78 Å². The maximum atomic E-state index is 11.3. The molecule has 2 aromatic rings. The average Bonchev–Trinajstić information content (AvgIpc) is 2.85. The lowest BCUT2D eigenvalue weighted by atomic mass is 10.1. The number of furan rings is 1. The fourth-order valence-corrected chi connectivity index (χ4v) is 2.13. The number of fused-ring (bicyclic) bond motifs is 1. The second-order valence-corrected chi connectivity index (χ2v) is 4.26. The summed E-state index contributed by atoms with van der Waals surface area (Å²) in [6.45, 7) is 8.96. The molecule has 0 saturated heterocycles. The van der Waals surface area contributed by atoms with Gasteiger partial charge in [0.05, 0.1) is 12.0 Å². The molecule has 5 heteroatoms. The first-order valence-corrected chi connectivity index (χ1v) is 6.39. The topological polar surface area (TPSA) is 57.3 Å². The Labute approximate surface area is 111 Å². The van der Waals surface area contributed by atoms with Gasteiger partial charge in [-0.2, -0.15) is 0 Å². The van der Waals surface area contributed by atoms with Gasteiger partial charge in [-0.25, -0.2) is 4.79 Å². The highest BCUT2D eigenvalue weighted by Gasteiger charge is 2.16. The zero-order valence-electron chi connectivity index (χ0n) is 11.7. The number of hydrogen-bond donors (Lipinski definition) is 0. The summed E-state index contributed by atoms with van der Waals surface area (Å²) in [4.78, 5) is 11.3. The molecule has 19 heavy (non-hydrogen) atoms. The van der Waals surface area contributed by atoms with Crippen LogP contribution in [0.4, 0.5) is 0 Å². The van der Waals surface area contributed by atoms with E-state index in [0.29, 0.717) is 18.1 Å². The van der Waals surface area contributed by atoms with Crippen molar-refractivity contribution in [1.29, 1.82) is 0 Å². The number of aromatic nitrogens is 2. The second-order valence-electron chi connectivity index (χ2n) is 4.26. The molecule has 2 rings (SSSR count). The molecule has 0 aliphatic carbocycles. The predicted molar refractivity (Wildman–Crippen MR) is 72.8 cm³/mol. The summed E-state index contributed by atoms with van der Waals surface area (Å²) in [5.41, 5.74) is 2.68. The van der Waals surface area contributed by atoms with Gasteiger partial charge in [-0.3, -0.25) is 4.68 Å². The zero-order valence-corrected chi connectivity index (χ0v) is 11.7. The number of aryl methyl sites for hydroxylation is 3. The third kappa shape index (κ3) is 2.41. The second kappa shape index (κ2) is 5.30. The van der Waals surface area contributed by atoms with Crippen LogP contribution in [-0.4, -0.2) is 22.4 Å². The van der Waals surface area contributed by atoms with E-state index in [1.165, 1.54) is 6.08 Å². The van der Waals surface area contributed by atoms with Crippen molar-refractivity contribution < 1.29 is 13.9 Å². The predicted octanol–water partition coefficient (Wildman–Crippen LogP) is 2.84. The fourth-order valence-electron chi connectivity index (χ4n) is 2.13. The molecule has 0 aliphatic heterocycles. The maximum absolute atomic E-state index is 11.3. The van der Waals surface area contributed by atoms with Gasteiger partial charge in [0, 0.05) is 23.9 Å². The van der Waals surface area contributed by atoms with Crippen LogP contribution in [-0.2, 0) is 16.1 Å². The number of rotatable bonds is 4. The van der Waals surface area contributed by atoms with Crippen molar-refractivity contribution in [2.75, 3.05) is 6.61 Å². The molecule has 2 aromatic heterocycles. The monoisotopic (exact) mass is 262 g/mol. The van der Waals surface area contributed by atoms with Crippen molar-refractivity contribution in [2.45, 2.75) is 34.2 Å². The van der Waals surface area contributed by atoms with E-state index in [4.69, 9.17) is 9.15 Å². The lowest BCUT2D eigenvalue weighted by Crippen LogP contribution is -1.99. The molecule has 0 aliphatic rings. The van der Waals surface area contributed by atoms with Gasteiger partial charge in [0.2, 0.25) is 5.71 Å². The van der Waals surface area contributed by atoms with Crippen LogP contribution in [0.1, 0.15) is 30.9 Å². The normalized spacial score (nSPS) is 11.6. The largest absolute Gasteiger partial charge is 0.463 e. The van der Waals surface area contributed by atoms with Crippen LogP contribution in [0.3, 0.4) is 0 Å².